The molecule has 358 valence electrons. The number of likely N-dealkylation sites (tertiary alicyclic amines) is 1. The van der Waals surface area contributed by atoms with Crippen LogP contribution in [0.4, 0.5) is 11.4 Å². The van der Waals surface area contributed by atoms with Gasteiger partial charge in [-0.1, -0.05) is 69.3 Å². The zero-order valence-electron chi connectivity index (χ0n) is 40.5. The number of aryl methyl sites for hydroxylation is 3. The molecule has 1 fully saturated rings. The first-order chi connectivity index (χ1) is 32.9. The second kappa shape index (κ2) is 18.9. The van der Waals surface area contributed by atoms with Crippen molar-refractivity contribution in [2.75, 3.05) is 25.1 Å². The van der Waals surface area contributed by atoms with E-state index >= 15 is 0 Å². The molecule has 5 atom stereocenters. The number of β-amino-alcohol motifs (C(OH)–C–C–N with tert-alkyl or cyclic N) is 1. The maximum atomic E-state index is 14.6. The number of aliphatic imine (C=N–C) groups is 1. The molecule has 1 saturated heterocycles. The van der Waals surface area contributed by atoms with E-state index in [4.69, 9.17) is 9.73 Å². The standard InChI is InChI=1S/C53H58N8O6S2/c1-28-31(4)69-52-46(28)47(56-41(25-45(64)67-9)49-58-57-32(5)61(49)52)35-16-18-38(19-17-35)59-21-20-34-12-15-37(22-42(34)59)44(63)24-40(53(6,7)8)51(66)60-26-39(62)23-43(60)50(65)55-29(2)33-10-13-36(14-11-33)48-30(3)54-27-68-48/h10-19,22,27,29,39-41,43,62H,20-21,23-26H2,1-9H3,(H,55,65)/t29-,39+,40+,41-,43-/m0/s1. The number of thiazole rings is 1. The van der Waals surface area contributed by atoms with E-state index in [0.29, 0.717) is 17.2 Å². The predicted octanol–water partition coefficient (Wildman–Crippen LogP) is 8.91. The van der Waals surface area contributed by atoms with Crippen molar-refractivity contribution in [1.29, 1.82) is 0 Å². The number of rotatable bonds is 12. The third-order valence-corrected chi connectivity index (χ3v) is 16.1. The minimum Gasteiger partial charge on any atom is -0.469 e. The molecule has 3 aromatic carbocycles. The Morgan fingerprint density at radius 3 is 2.36 bits per heavy atom. The van der Waals surface area contributed by atoms with E-state index in [9.17, 15) is 24.3 Å². The van der Waals surface area contributed by atoms with E-state index in [1.54, 1.807) is 22.7 Å². The van der Waals surface area contributed by atoms with Crippen molar-refractivity contribution in [2.45, 2.75) is 105 Å². The van der Waals surface area contributed by atoms with Crippen LogP contribution in [0, 0.1) is 39.0 Å². The van der Waals surface area contributed by atoms with Crippen LogP contribution in [0.2, 0.25) is 0 Å². The number of ether oxygens (including phenoxy) is 1. The SMILES string of the molecule is COC(=O)C[C@@H]1N=C(c2ccc(N3CCc4ccc(C(=O)C[C@H](C(=O)N5C[C@H](O)C[C@H]5C(=O)N[C@@H](C)c5ccc(-c6scnc6C)cc5)C(C)(C)C)cc43)cc2)c2c(sc(C)c2C)-n2c(C)nnc21. The second-order valence-electron chi connectivity index (χ2n) is 19.5. The highest BCUT2D eigenvalue weighted by atomic mass is 32.1. The number of esters is 1. The van der Waals surface area contributed by atoms with E-state index in [1.807, 2.05) is 94.1 Å². The number of aromatic nitrogens is 4. The van der Waals surface area contributed by atoms with Gasteiger partial charge < -0.3 is 25.0 Å². The lowest BCUT2D eigenvalue weighted by Crippen LogP contribution is -2.50. The molecule has 0 radical (unpaired) electrons. The summed E-state index contributed by atoms with van der Waals surface area (Å²) in [5.74, 6) is -0.662. The lowest BCUT2D eigenvalue weighted by atomic mass is 9.76. The lowest BCUT2D eigenvalue weighted by Gasteiger charge is -2.35. The fourth-order valence-electron chi connectivity index (χ4n) is 9.85. The highest BCUT2D eigenvalue weighted by molar-refractivity contribution is 7.15. The molecule has 0 saturated carbocycles. The number of carbonyl (C=O) groups is 4. The van der Waals surface area contributed by atoms with Gasteiger partial charge in [0.25, 0.3) is 0 Å². The highest BCUT2D eigenvalue weighted by Crippen LogP contribution is 2.42. The Balaban J connectivity index is 0.921. The third-order valence-electron chi connectivity index (χ3n) is 14.0. The zero-order chi connectivity index (χ0) is 49.1. The number of anilines is 2. The average molecular weight is 967 g/mol. The number of hydrogen-bond acceptors (Lipinski definition) is 13. The van der Waals surface area contributed by atoms with Crippen LogP contribution in [-0.4, -0.2) is 91.4 Å². The van der Waals surface area contributed by atoms with Crippen molar-refractivity contribution in [1.82, 2.24) is 30.0 Å². The molecule has 6 aromatic rings. The largest absolute Gasteiger partial charge is 0.469 e. The molecule has 14 nitrogen and oxygen atoms in total. The summed E-state index contributed by atoms with van der Waals surface area (Å²) < 4.78 is 7.08. The van der Waals surface area contributed by atoms with Gasteiger partial charge in [-0.15, -0.1) is 32.9 Å². The van der Waals surface area contributed by atoms with Crippen molar-refractivity contribution in [3.05, 3.63) is 128 Å². The number of fused-ring (bicyclic) bond motifs is 4. The summed E-state index contributed by atoms with van der Waals surface area (Å²) >= 11 is 3.24. The maximum Gasteiger partial charge on any atom is 0.308 e. The van der Waals surface area contributed by atoms with Gasteiger partial charge in [0.05, 0.1) is 53.4 Å². The highest BCUT2D eigenvalue weighted by Gasteiger charge is 2.45. The maximum absolute atomic E-state index is 14.6. The van der Waals surface area contributed by atoms with Crippen molar-refractivity contribution in [3.8, 4) is 15.4 Å². The van der Waals surface area contributed by atoms with Crippen LogP contribution in [0.5, 0.6) is 0 Å². The summed E-state index contributed by atoms with van der Waals surface area (Å²) in [5, 5.41) is 23.8. The van der Waals surface area contributed by atoms with Gasteiger partial charge in [-0.05, 0) is 86.9 Å². The molecule has 16 heteroatoms. The number of amides is 2. The molecule has 6 heterocycles. The molecule has 0 aliphatic carbocycles. The molecule has 0 unspecified atom stereocenters. The number of thiophene rings is 1. The van der Waals surface area contributed by atoms with Gasteiger partial charge in [0, 0.05) is 58.9 Å². The van der Waals surface area contributed by atoms with Crippen molar-refractivity contribution in [2.24, 2.45) is 16.3 Å². The minimum absolute atomic E-state index is 0.0128. The van der Waals surface area contributed by atoms with Gasteiger partial charge >= 0.3 is 5.97 Å². The van der Waals surface area contributed by atoms with Crippen LogP contribution in [0.3, 0.4) is 0 Å². The van der Waals surface area contributed by atoms with Gasteiger partial charge in [-0.2, -0.15) is 0 Å². The van der Waals surface area contributed by atoms with Gasteiger partial charge in [0.2, 0.25) is 11.8 Å². The van der Waals surface area contributed by atoms with Crippen LogP contribution in [0.1, 0.15) is 119 Å². The second-order valence-corrected chi connectivity index (χ2v) is 21.6. The predicted molar refractivity (Wildman–Crippen MR) is 269 cm³/mol. The summed E-state index contributed by atoms with van der Waals surface area (Å²) in [5.41, 5.74) is 11.4. The average Bonchev–Trinajstić information content (AvgIpc) is 4.16. The van der Waals surface area contributed by atoms with Crippen molar-refractivity contribution >= 4 is 63.3 Å². The first-order valence-corrected chi connectivity index (χ1v) is 25.1. The number of Topliss-reactive ketones (excluding diaryl/α,β-unsaturated/α-hetero) is 1. The molecule has 3 aliphatic rings. The Labute approximate surface area is 410 Å². The molecule has 2 amide bonds. The normalized spacial score (nSPS) is 18.5. The summed E-state index contributed by atoms with van der Waals surface area (Å²) in [6.45, 7) is 16.5. The summed E-state index contributed by atoms with van der Waals surface area (Å²) in [4.78, 5) is 71.0. The Kier molecular flexibility index (Phi) is 13.0. The van der Waals surface area contributed by atoms with E-state index < -0.39 is 29.5 Å². The van der Waals surface area contributed by atoms with E-state index in [2.05, 4.69) is 63.5 Å². The van der Waals surface area contributed by atoms with E-state index in [1.165, 1.54) is 12.0 Å². The Hall–Kier alpha value is -6.36. The molecule has 3 aliphatic heterocycles. The van der Waals surface area contributed by atoms with Crippen LogP contribution in [0.15, 0.2) is 77.2 Å². The smallest absolute Gasteiger partial charge is 0.308 e. The van der Waals surface area contributed by atoms with Crippen molar-refractivity contribution < 1.29 is 29.0 Å². The van der Waals surface area contributed by atoms with Crippen LogP contribution in [0.25, 0.3) is 15.4 Å². The minimum atomic E-state index is -0.879. The number of carbonyl (C=O) groups excluding carboxylic acids is 4. The monoisotopic (exact) mass is 966 g/mol. The molecular formula is C53H58N8O6S2. The number of benzene rings is 3. The number of aliphatic hydroxyl groups is 1. The Bertz CT molecular complexity index is 3000. The zero-order valence-corrected chi connectivity index (χ0v) is 42.1. The van der Waals surface area contributed by atoms with Gasteiger partial charge in [-0.25, -0.2) is 4.98 Å². The lowest BCUT2D eigenvalue weighted by molar-refractivity contribution is -0.144. The summed E-state index contributed by atoms with van der Waals surface area (Å²) in [6, 6.07) is 20.2. The van der Waals surface area contributed by atoms with Crippen LogP contribution < -0.4 is 10.2 Å². The Morgan fingerprint density at radius 1 is 0.957 bits per heavy atom. The molecule has 69 heavy (non-hydrogen) atoms. The van der Waals surface area contributed by atoms with E-state index in [0.717, 1.165) is 83.9 Å². The molecule has 0 bridgehead atoms. The number of nitrogens with zero attached hydrogens (tertiary/aromatic N) is 7. The number of methoxy groups -OCH3 is 1. The number of aliphatic hydroxyl groups excluding tert-OH is 1. The molecule has 2 N–H and O–H groups in total. The molecule has 0 spiro atoms. The fraction of sp³-hybridized carbons (Fsp3) is 0.396. The van der Waals surface area contributed by atoms with Crippen LogP contribution >= 0.6 is 22.7 Å². The van der Waals surface area contributed by atoms with Gasteiger partial charge in [0.15, 0.2) is 11.6 Å². The summed E-state index contributed by atoms with van der Waals surface area (Å²) in [7, 11) is 1.37. The number of nitrogens with one attached hydrogen (secondary N) is 1. The molecular weight excluding hydrogens is 909 g/mol. The fourth-order valence-corrected chi connectivity index (χ4v) is 11.9. The summed E-state index contributed by atoms with van der Waals surface area (Å²) in [6.07, 6.45) is -0.00209. The van der Waals surface area contributed by atoms with Crippen LogP contribution in [-0.2, 0) is 25.5 Å². The number of ketones is 1. The quantitative estimate of drug-likeness (QED) is 0.0891. The van der Waals surface area contributed by atoms with E-state index in [-0.39, 0.29) is 55.4 Å². The van der Waals surface area contributed by atoms with Crippen molar-refractivity contribution in [3.63, 3.8) is 0 Å². The number of hydrogen-bond donors (Lipinski definition) is 2. The molecule has 9 rings (SSSR count). The molecule has 3 aromatic heterocycles. The first-order valence-electron chi connectivity index (χ1n) is 23.4. The first kappa shape index (κ1) is 47.7. The van der Waals surface area contributed by atoms with Gasteiger partial charge in [0.1, 0.15) is 22.9 Å². The third kappa shape index (κ3) is 9.17. The Morgan fingerprint density at radius 2 is 1.68 bits per heavy atom. The van der Waals surface area contributed by atoms with Gasteiger partial charge in [-0.3, -0.25) is 28.7 Å². The topological polar surface area (TPSA) is 172 Å².